The van der Waals surface area contributed by atoms with E-state index in [1.807, 2.05) is 29.6 Å². The van der Waals surface area contributed by atoms with Crippen LogP contribution in [0.2, 0.25) is 0 Å². The Labute approximate surface area is 146 Å². The maximum absolute atomic E-state index is 12.2. The van der Waals surface area contributed by atoms with Gasteiger partial charge >= 0.3 is 6.09 Å². The number of ether oxygens (including phenoxy) is 1. The molecular formula is C19H23N2O2S+. The van der Waals surface area contributed by atoms with E-state index in [2.05, 4.69) is 17.4 Å². The van der Waals surface area contributed by atoms with Gasteiger partial charge in [0.05, 0.1) is 30.2 Å². The molecule has 2 bridgehead atoms. The lowest BCUT2D eigenvalue weighted by Gasteiger charge is -2.41. The molecule has 3 saturated heterocycles. The molecule has 24 heavy (non-hydrogen) atoms. The zero-order valence-corrected chi connectivity index (χ0v) is 14.5. The first-order chi connectivity index (χ1) is 11.8. The molecule has 4 nitrogen and oxygen atoms in total. The molecule has 3 aliphatic rings. The smallest absolute Gasteiger partial charge is 0.411 e. The minimum absolute atomic E-state index is 0.336. The van der Waals surface area contributed by atoms with Gasteiger partial charge in [0, 0.05) is 18.8 Å². The van der Waals surface area contributed by atoms with Crippen LogP contribution >= 0.6 is 11.3 Å². The van der Waals surface area contributed by atoms with Gasteiger partial charge in [-0.2, -0.15) is 0 Å². The van der Waals surface area contributed by atoms with Crippen LogP contribution in [0.5, 0.6) is 0 Å². The molecule has 4 heterocycles. The number of amides is 1. The maximum atomic E-state index is 12.2. The summed E-state index contributed by atoms with van der Waals surface area (Å²) in [6.45, 7) is 4.29. The summed E-state index contributed by atoms with van der Waals surface area (Å²) in [5.41, 5.74) is 1.94. The van der Waals surface area contributed by atoms with E-state index >= 15 is 0 Å². The Bertz CT molecular complexity index is 692. The van der Waals surface area contributed by atoms with Gasteiger partial charge in [-0.1, -0.05) is 30.3 Å². The average Bonchev–Trinajstić information content (AvgIpc) is 3.10. The third-order valence-corrected chi connectivity index (χ3v) is 6.28. The Morgan fingerprint density at radius 1 is 1.21 bits per heavy atom. The standard InChI is InChI=1S/C19H22N2O2S/c22-19(23-13-16-12-21-9-6-14(16)7-10-21)20-17-8-11-24-18(17)15-4-2-1-3-5-15/h1-5,8,11,14,16H,6-7,9-10,12-13H2,(H,20,22)/p+1. The van der Waals surface area contributed by atoms with Gasteiger partial charge in [0.25, 0.3) is 0 Å². The zero-order chi connectivity index (χ0) is 16.4. The quantitative estimate of drug-likeness (QED) is 0.896. The first kappa shape index (κ1) is 15.7. The predicted molar refractivity (Wildman–Crippen MR) is 96.5 cm³/mol. The molecule has 1 aromatic heterocycles. The topological polar surface area (TPSA) is 42.8 Å². The molecule has 0 radical (unpaired) electrons. The van der Waals surface area contributed by atoms with Crippen LogP contribution in [0.1, 0.15) is 12.8 Å². The van der Waals surface area contributed by atoms with Crippen molar-refractivity contribution < 1.29 is 14.4 Å². The number of rotatable bonds is 4. The van der Waals surface area contributed by atoms with Crippen LogP contribution in [0, 0.1) is 11.8 Å². The molecule has 1 atom stereocenters. The lowest BCUT2D eigenvalue weighted by Crippen LogP contribution is -3.16. The van der Waals surface area contributed by atoms with Crippen molar-refractivity contribution in [3.8, 4) is 10.4 Å². The highest BCUT2D eigenvalue weighted by Gasteiger charge is 2.37. The number of carbonyl (C=O) groups excluding carboxylic acids is 1. The van der Waals surface area contributed by atoms with E-state index in [0.717, 1.165) is 28.6 Å². The second kappa shape index (κ2) is 6.95. The Morgan fingerprint density at radius 2 is 2.00 bits per heavy atom. The molecule has 0 spiro atoms. The Balaban J connectivity index is 1.35. The minimum atomic E-state index is -0.336. The van der Waals surface area contributed by atoms with E-state index in [4.69, 9.17) is 4.74 Å². The number of hydrogen-bond acceptors (Lipinski definition) is 3. The molecule has 5 heteroatoms. The zero-order valence-electron chi connectivity index (χ0n) is 13.7. The van der Waals surface area contributed by atoms with Crippen LogP contribution in [-0.4, -0.2) is 32.3 Å². The number of carbonyl (C=O) groups is 1. The van der Waals surface area contributed by atoms with Gasteiger partial charge in [-0.05, 0) is 22.9 Å². The van der Waals surface area contributed by atoms with Crippen LogP contribution in [0.25, 0.3) is 10.4 Å². The van der Waals surface area contributed by atoms with Gasteiger partial charge in [0.15, 0.2) is 0 Å². The number of thiophene rings is 1. The second-order valence-corrected chi connectivity index (χ2v) is 7.72. The molecule has 0 aliphatic carbocycles. The van der Waals surface area contributed by atoms with Gasteiger partial charge < -0.3 is 9.64 Å². The highest BCUT2D eigenvalue weighted by Crippen LogP contribution is 2.33. The van der Waals surface area contributed by atoms with E-state index in [9.17, 15) is 4.79 Å². The number of benzene rings is 1. The van der Waals surface area contributed by atoms with Crippen molar-refractivity contribution in [2.75, 3.05) is 31.6 Å². The van der Waals surface area contributed by atoms with Crippen molar-refractivity contribution in [3.05, 3.63) is 41.8 Å². The van der Waals surface area contributed by atoms with Crippen molar-refractivity contribution >= 4 is 23.1 Å². The molecule has 3 fully saturated rings. The lowest BCUT2D eigenvalue weighted by molar-refractivity contribution is -0.921. The summed E-state index contributed by atoms with van der Waals surface area (Å²) in [5, 5.41) is 4.91. The fourth-order valence-electron chi connectivity index (χ4n) is 4.01. The summed E-state index contributed by atoms with van der Waals surface area (Å²) in [6.07, 6.45) is 2.23. The maximum Gasteiger partial charge on any atom is 0.411 e. The highest BCUT2D eigenvalue weighted by molar-refractivity contribution is 7.14. The number of quaternary nitrogens is 1. The number of nitrogens with one attached hydrogen (secondary N) is 2. The van der Waals surface area contributed by atoms with E-state index in [0.29, 0.717) is 12.5 Å². The van der Waals surface area contributed by atoms with Crippen LogP contribution in [0.15, 0.2) is 41.8 Å². The van der Waals surface area contributed by atoms with Crippen molar-refractivity contribution in [1.29, 1.82) is 0 Å². The molecule has 2 N–H and O–H groups in total. The van der Waals surface area contributed by atoms with Crippen LogP contribution in [0.3, 0.4) is 0 Å². The second-order valence-electron chi connectivity index (χ2n) is 6.80. The van der Waals surface area contributed by atoms with Gasteiger partial charge in [-0.3, -0.25) is 5.32 Å². The van der Waals surface area contributed by atoms with E-state index < -0.39 is 0 Å². The predicted octanol–water partition coefficient (Wildman–Crippen LogP) is 2.89. The van der Waals surface area contributed by atoms with Crippen molar-refractivity contribution in [2.45, 2.75) is 12.8 Å². The molecular weight excluding hydrogens is 320 g/mol. The summed E-state index contributed by atoms with van der Waals surface area (Å²) in [5.74, 6) is 1.28. The van der Waals surface area contributed by atoms with Gasteiger partial charge in [-0.25, -0.2) is 4.79 Å². The third kappa shape index (κ3) is 3.32. The van der Waals surface area contributed by atoms with E-state index in [1.165, 1.54) is 25.9 Å². The fourth-order valence-corrected chi connectivity index (χ4v) is 4.86. The number of hydrogen-bond donors (Lipinski definition) is 2. The van der Waals surface area contributed by atoms with Crippen LogP contribution in [-0.2, 0) is 4.74 Å². The van der Waals surface area contributed by atoms with Crippen molar-refractivity contribution in [3.63, 3.8) is 0 Å². The van der Waals surface area contributed by atoms with Crippen molar-refractivity contribution in [1.82, 2.24) is 0 Å². The summed E-state index contributed by atoms with van der Waals surface area (Å²) in [7, 11) is 0. The third-order valence-electron chi connectivity index (χ3n) is 5.32. The van der Waals surface area contributed by atoms with Crippen LogP contribution < -0.4 is 10.2 Å². The summed E-state index contributed by atoms with van der Waals surface area (Å²) in [6, 6.07) is 12.1. The normalized spacial score (nSPS) is 25.4. The highest BCUT2D eigenvalue weighted by atomic mass is 32.1. The number of anilines is 1. The molecule has 1 aromatic carbocycles. The fraction of sp³-hybridized carbons (Fsp3) is 0.421. The Kier molecular flexibility index (Phi) is 4.54. The molecule has 1 unspecified atom stereocenters. The molecule has 5 rings (SSSR count). The van der Waals surface area contributed by atoms with Gasteiger partial charge in [0.2, 0.25) is 0 Å². The van der Waals surface area contributed by atoms with E-state index in [-0.39, 0.29) is 6.09 Å². The lowest BCUT2D eigenvalue weighted by atomic mass is 9.79. The molecule has 0 saturated carbocycles. The summed E-state index contributed by atoms with van der Waals surface area (Å²) >= 11 is 1.63. The SMILES string of the molecule is O=C(Nc1ccsc1-c1ccccc1)OCC1C[NH+]2CCC1CC2. The molecule has 1 amide bonds. The first-order valence-electron chi connectivity index (χ1n) is 8.70. The van der Waals surface area contributed by atoms with Crippen LogP contribution in [0.4, 0.5) is 10.5 Å². The number of piperidine rings is 3. The monoisotopic (exact) mass is 343 g/mol. The molecule has 126 valence electrons. The van der Waals surface area contributed by atoms with Crippen molar-refractivity contribution in [2.24, 2.45) is 11.8 Å². The first-order valence-corrected chi connectivity index (χ1v) is 9.58. The number of fused-ring (bicyclic) bond motifs is 3. The summed E-state index contributed by atoms with van der Waals surface area (Å²) < 4.78 is 5.54. The largest absolute Gasteiger partial charge is 0.449 e. The van der Waals surface area contributed by atoms with E-state index in [1.54, 1.807) is 16.2 Å². The Hall–Kier alpha value is -1.85. The summed E-state index contributed by atoms with van der Waals surface area (Å²) in [4.78, 5) is 15.0. The molecule has 2 aromatic rings. The minimum Gasteiger partial charge on any atom is -0.449 e. The average molecular weight is 343 g/mol. The van der Waals surface area contributed by atoms with Gasteiger partial charge in [0.1, 0.15) is 6.61 Å². The molecule has 3 aliphatic heterocycles. The Morgan fingerprint density at radius 3 is 2.71 bits per heavy atom. The van der Waals surface area contributed by atoms with Gasteiger partial charge in [-0.15, -0.1) is 11.3 Å².